The van der Waals surface area contributed by atoms with E-state index in [-0.39, 0.29) is 0 Å². The number of rotatable bonds is 4. The zero-order chi connectivity index (χ0) is 14.4. The van der Waals surface area contributed by atoms with E-state index in [0.717, 1.165) is 44.9 Å². The molecule has 0 unspecified atom stereocenters. The molecule has 4 nitrogen and oxygen atoms in total. The molecule has 0 aromatic rings. The van der Waals surface area contributed by atoms with Crippen LogP contribution in [-0.4, -0.2) is 48.7 Å². The van der Waals surface area contributed by atoms with Crippen molar-refractivity contribution in [3.05, 3.63) is 0 Å². The van der Waals surface area contributed by atoms with Gasteiger partial charge in [-0.15, -0.1) is 0 Å². The zero-order valence-electron chi connectivity index (χ0n) is 13.1. The van der Waals surface area contributed by atoms with Crippen molar-refractivity contribution >= 4 is 5.91 Å². The molecule has 1 amide bonds. The van der Waals surface area contributed by atoms with E-state index in [9.17, 15) is 4.79 Å². The molecule has 4 heteroatoms. The first-order valence-corrected chi connectivity index (χ1v) is 8.86. The van der Waals surface area contributed by atoms with Crippen LogP contribution in [0.5, 0.6) is 0 Å². The Bertz CT molecular complexity index is 404. The lowest BCUT2D eigenvalue weighted by Crippen LogP contribution is -2.40. The fourth-order valence-corrected chi connectivity index (χ4v) is 4.92. The first-order chi connectivity index (χ1) is 10.2. The van der Waals surface area contributed by atoms with E-state index < -0.39 is 0 Å². The molecule has 0 spiro atoms. The van der Waals surface area contributed by atoms with Gasteiger partial charge in [-0.25, -0.2) is 0 Å². The average Bonchev–Trinajstić information content (AvgIpc) is 3.20. The monoisotopic (exact) mass is 292 g/mol. The minimum Gasteiger partial charge on any atom is -0.381 e. The highest BCUT2D eigenvalue weighted by Crippen LogP contribution is 2.49. The third kappa shape index (κ3) is 2.61. The van der Waals surface area contributed by atoms with Gasteiger partial charge in [-0.3, -0.25) is 4.79 Å². The second-order valence-electron chi connectivity index (χ2n) is 7.64. The molecule has 2 aliphatic heterocycles. The van der Waals surface area contributed by atoms with E-state index in [0.29, 0.717) is 35.9 Å². The summed E-state index contributed by atoms with van der Waals surface area (Å²) in [7, 11) is 0. The molecule has 4 rings (SSSR count). The van der Waals surface area contributed by atoms with Gasteiger partial charge in [-0.2, -0.15) is 0 Å². The number of ether oxygens (including phenoxy) is 1. The zero-order valence-corrected chi connectivity index (χ0v) is 13.1. The molecule has 0 aromatic carbocycles. The number of hydrogen-bond donors (Lipinski definition) is 1. The van der Waals surface area contributed by atoms with Crippen molar-refractivity contribution in [3.8, 4) is 0 Å². The third-order valence-corrected chi connectivity index (χ3v) is 6.25. The predicted molar refractivity (Wildman–Crippen MR) is 80.9 cm³/mol. The quantitative estimate of drug-likeness (QED) is 0.859. The van der Waals surface area contributed by atoms with Crippen LogP contribution in [0.25, 0.3) is 0 Å². The van der Waals surface area contributed by atoms with Gasteiger partial charge in [0, 0.05) is 37.8 Å². The molecule has 4 atom stereocenters. The number of fused-ring (bicyclic) bond motifs is 1. The van der Waals surface area contributed by atoms with Crippen molar-refractivity contribution < 1.29 is 9.53 Å². The molecule has 2 heterocycles. The van der Waals surface area contributed by atoms with Crippen molar-refractivity contribution in [2.45, 2.75) is 63.6 Å². The summed E-state index contributed by atoms with van der Waals surface area (Å²) in [4.78, 5) is 14.6. The Morgan fingerprint density at radius 3 is 2.71 bits per heavy atom. The van der Waals surface area contributed by atoms with E-state index in [4.69, 9.17) is 4.74 Å². The van der Waals surface area contributed by atoms with Crippen molar-refractivity contribution in [3.63, 3.8) is 0 Å². The molecule has 118 valence electrons. The summed E-state index contributed by atoms with van der Waals surface area (Å²) < 4.78 is 5.43. The smallest absolute Gasteiger partial charge is 0.223 e. The van der Waals surface area contributed by atoms with Crippen molar-refractivity contribution in [2.24, 2.45) is 17.8 Å². The Kier molecular flexibility index (Phi) is 3.70. The van der Waals surface area contributed by atoms with Gasteiger partial charge in [-0.05, 0) is 56.4 Å². The van der Waals surface area contributed by atoms with Gasteiger partial charge >= 0.3 is 0 Å². The summed E-state index contributed by atoms with van der Waals surface area (Å²) in [6.07, 6.45) is 6.81. The topological polar surface area (TPSA) is 41.6 Å². The second-order valence-corrected chi connectivity index (χ2v) is 7.64. The molecule has 21 heavy (non-hydrogen) atoms. The van der Waals surface area contributed by atoms with Crippen LogP contribution in [-0.2, 0) is 9.53 Å². The second kappa shape index (κ2) is 5.54. The maximum Gasteiger partial charge on any atom is 0.223 e. The van der Waals surface area contributed by atoms with Crippen LogP contribution in [0.4, 0.5) is 0 Å². The summed E-state index contributed by atoms with van der Waals surface area (Å²) >= 11 is 0. The molecule has 2 aliphatic carbocycles. The molecule has 0 aromatic heterocycles. The van der Waals surface area contributed by atoms with E-state index >= 15 is 0 Å². The van der Waals surface area contributed by atoms with Crippen LogP contribution in [0.1, 0.15) is 45.4 Å². The Labute approximate surface area is 127 Å². The number of carbonyl (C=O) groups excluding carboxylic acids is 1. The van der Waals surface area contributed by atoms with Gasteiger partial charge in [0.05, 0.1) is 0 Å². The largest absolute Gasteiger partial charge is 0.381 e. The number of nitrogens with one attached hydrogen (secondary N) is 1. The highest BCUT2D eigenvalue weighted by atomic mass is 16.5. The van der Waals surface area contributed by atoms with Gasteiger partial charge in [0.1, 0.15) is 0 Å². The molecule has 2 saturated heterocycles. The molecule has 4 aliphatic rings. The fourth-order valence-electron chi connectivity index (χ4n) is 4.92. The molecule has 4 fully saturated rings. The first kappa shape index (κ1) is 14.0. The molecular weight excluding hydrogens is 264 g/mol. The van der Waals surface area contributed by atoms with E-state index in [2.05, 4.69) is 17.1 Å². The molecule has 0 radical (unpaired) electrons. The summed E-state index contributed by atoms with van der Waals surface area (Å²) in [5.41, 5.74) is 0. The van der Waals surface area contributed by atoms with Gasteiger partial charge in [0.2, 0.25) is 5.91 Å². The summed E-state index contributed by atoms with van der Waals surface area (Å²) in [6.45, 7) is 5.29. The Hall–Kier alpha value is -0.610. The van der Waals surface area contributed by atoms with Crippen molar-refractivity contribution in [1.29, 1.82) is 0 Å². The maximum atomic E-state index is 12.3. The Morgan fingerprint density at radius 1 is 1.24 bits per heavy atom. The normalized spacial score (nSPS) is 40.8. The highest BCUT2D eigenvalue weighted by Gasteiger charge is 2.53. The molecule has 2 saturated carbocycles. The van der Waals surface area contributed by atoms with E-state index in [1.165, 1.54) is 19.3 Å². The van der Waals surface area contributed by atoms with Crippen LogP contribution in [0.2, 0.25) is 0 Å². The number of carbonyl (C=O) groups is 1. The minimum absolute atomic E-state index is 0.440. The average molecular weight is 292 g/mol. The maximum absolute atomic E-state index is 12.3. The lowest BCUT2D eigenvalue weighted by atomic mass is 9.88. The van der Waals surface area contributed by atoms with Crippen LogP contribution < -0.4 is 5.32 Å². The van der Waals surface area contributed by atoms with Crippen LogP contribution >= 0.6 is 0 Å². The van der Waals surface area contributed by atoms with Crippen molar-refractivity contribution in [2.75, 3.05) is 19.8 Å². The SMILES string of the molecule is C[C@H]1C[C@@H]2[C@@H](CC(=O)N2C2CC2)[C@@H]1CNC1CCOCC1. The Morgan fingerprint density at radius 2 is 2.00 bits per heavy atom. The molecule has 0 bridgehead atoms. The van der Waals surface area contributed by atoms with Gasteiger partial charge in [-0.1, -0.05) is 6.92 Å². The van der Waals surface area contributed by atoms with Crippen molar-refractivity contribution in [1.82, 2.24) is 10.2 Å². The number of likely N-dealkylation sites (tertiary alicyclic amines) is 1. The van der Waals surface area contributed by atoms with E-state index in [1.807, 2.05) is 0 Å². The number of hydrogen-bond acceptors (Lipinski definition) is 3. The molecular formula is C17H28N2O2. The van der Waals surface area contributed by atoms with Crippen LogP contribution in [0.15, 0.2) is 0 Å². The van der Waals surface area contributed by atoms with Gasteiger partial charge < -0.3 is 15.0 Å². The number of nitrogens with zero attached hydrogens (tertiary/aromatic N) is 1. The van der Waals surface area contributed by atoms with Crippen LogP contribution in [0, 0.1) is 17.8 Å². The lowest BCUT2D eigenvalue weighted by molar-refractivity contribution is -0.129. The predicted octanol–water partition coefficient (Wildman–Crippen LogP) is 1.79. The number of amides is 1. The van der Waals surface area contributed by atoms with Gasteiger partial charge in [0.25, 0.3) is 0 Å². The van der Waals surface area contributed by atoms with Gasteiger partial charge in [0.15, 0.2) is 0 Å². The molecule has 1 N–H and O–H groups in total. The summed E-state index contributed by atoms with van der Waals surface area (Å²) in [6, 6.07) is 1.78. The highest BCUT2D eigenvalue weighted by molar-refractivity contribution is 5.80. The first-order valence-electron chi connectivity index (χ1n) is 8.86. The Balaban J connectivity index is 1.38. The summed E-state index contributed by atoms with van der Waals surface area (Å²) in [5, 5.41) is 3.77. The standard InChI is InChI=1S/C17H28N2O2/c1-11-8-16-14(9-17(20)19(16)13-2-3-13)15(11)10-18-12-4-6-21-7-5-12/h11-16,18H,2-10H2,1H3/t11-,14-,15+,16+/m0/s1. The van der Waals surface area contributed by atoms with E-state index in [1.54, 1.807) is 0 Å². The van der Waals surface area contributed by atoms with Crippen LogP contribution in [0.3, 0.4) is 0 Å². The lowest BCUT2D eigenvalue weighted by Gasteiger charge is -2.28. The minimum atomic E-state index is 0.440. The third-order valence-electron chi connectivity index (χ3n) is 6.25. The fraction of sp³-hybridized carbons (Fsp3) is 0.941. The summed E-state index contributed by atoms with van der Waals surface area (Å²) in [5.74, 6) is 2.49.